The summed E-state index contributed by atoms with van der Waals surface area (Å²) < 4.78 is 5.07. The van der Waals surface area contributed by atoms with E-state index >= 15 is 0 Å². The Bertz CT molecular complexity index is 217. The van der Waals surface area contributed by atoms with Gasteiger partial charge < -0.3 is 14.8 Å². The molecule has 0 saturated heterocycles. The second-order valence-electron chi connectivity index (χ2n) is 2.83. The minimum Gasteiger partial charge on any atom is -0.447 e. The van der Waals surface area contributed by atoms with Crippen LogP contribution in [-0.4, -0.2) is 34.7 Å². The molecule has 0 bridgehead atoms. The third-order valence-electron chi connectivity index (χ3n) is 1.65. The molecule has 80 valence electrons. The summed E-state index contributed by atoms with van der Waals surface area (Å²) in [5.74, 6) is 2.96. The second kappa shape index (κ2) is 7.84. The molecule has 2 N–H and O–H groups in total. The van der Waals surface area contributed by atoms with Crippen molar-refractivity contribution in [3.63, 3.8) is 0 Å². The first kappa shape index (κ1) is 11.6. The highest BCUT2D eigenvalue weighted by Gasteiger charge is 1.94. The zero-order valence-electron chi connectivity index (χ0n) is 8.11. The minimum absolute atomic E-state index is 0.290. The largest absolute Gasteiger partial charge is 0.447 e. The molecule has 14 heavy (non-hydrogen) atoms. The molecule has 1 heterocycles. The first-order valence-corrected chi connectivity index (χ1v) is 5.85. The molecule has 5 heteroatoms. The van der Waals surface area contributed by atoms with Crippen molar-refractivity contribution in [1.82, 2.24) is 10.3 Å². The van der Waals surface area contributed by atoms with Crippen molar-refractivity contribution in [3.05, 3.63) is 18.4 Å². The summed E-state index contributed by atoms with van der Waals surface area (Å²) in [4.78, 5) is 3.82. The summed E-state index contributed by atoms with van der Waals surface area (Å²) in [5, 5.41) is 11.8. The number of aliphatic hydroxyl groups is 1. The average Bonchev–Trinajstić information content (AvgIpc) is 2.69. The van der Waals surface area contributed by atoms with Crippen molar-refractivity contribution < 1.29 is 9.52 Å². The van der Waals surface area contributed by atoms with E-state index in [4.69, 9.17) is 9.52 Å². The average molecular weight is 216 g/mol. The lowest BCUT2D eigenvalue weighted by atomic mass is 10.5. The van der Waals surface area contributed by atoms with E-state index in [1.807, 2.05) is 11.8 Å². The van der Waals surface area contributed by atoms with Crippen molar-refractivity contribution in [1.29, 1.82) is 0 Å². The van der Waals surface area contributed by atoms with Crippen molar-refractivity contribution in [2.45, 2.75) is 13.0 Å². The standard InChI is InChI=1S/C9H16N2O2S/c12-3-1-4-14-5-2-10-6-9-7-11-8-13-9/h7-8,10,12H,1-6H2. The monoisotopic (exact) mass is 216 g/mol. The number of rotatable bonds is 8. The SMILES string of the molecule is OCCCSCCNCc1cnco1. The zero-order valence-corrected chi connectivity index (χ0v) is 8.92. The summed E-state index contributed by atoms with van der Waals surface area (Å²) in [7, 11) is 0. The van der Waals surface area contributed by atoms with Crippen LogP contribution in [0.2, 0.25) is 0 Å². The maximum absolute atomic E-state index is 8.55. The van der Waals surface area contributed by atoms with Gasteiger partial charge in [0, 0.05) is 18.9 Å². The van der Waals surface area contributed by atoms with Gasteiger partial charge in [0.05, 0.1) is 12.7 Å². The normalized spacial score (nSPS) is 10.6. The number of thioether (sulfide) groups is 1. The summed E-state index contributed by atoms with van der Waals surface area (Å²) >= 11 is 1.85. The molecule has 4 nitrogen and oxygen atoms in total. The summed E-state index contributed by atoms with van der Waals surface area (Å²) in [6.45, 7) is 1.98. The van der Waals surface area contributed by atoms with Crippen LogP contribution in [0.3, 0.4) is 0 Å². The molecule has 1 rings (SSSR count). The maximum Gasteiger partial charge on any atom is 0.180 e. The Kier molecular flexibility index (Phi) is 6.47. The molecule has 0 unspecified atom stereocenters. The van der Waals surface area contributed by atoms with Gasteiger partial charge in [-0.3, -0.25) is 0 Å². The van der Waals surface area contributed by atoms with Gasteiger partial charge in [-0.25, -0.2) is 4.98 Å². The molecule has 0 saturated carbocycles. The third-order valence-corrected chi connectivity index (χ3v) is 2.72. The molecule has 1 aromatic rings. The smallest absolute Gasteiger partial charge is 0.180 e. The highest BCUT2D eigenvalue weighted by molar-refractivity contribution is 7.99. The molecule has 0 aromatic carbocycles. The van der Waals surface area contributed by atoms with E-state index in [0.29, 0.717) is 6.61 Å². The highest BCUT2D eigenvalue weighted by Crippen LogP contribution is 2.00. The molecule has 0 fully saturated rings. The Balaban J connectivity index is 1.85. The lowest BCUT2D eigenvalue weighted by Gasteiger charge is -2.01. The molecule has 1 aromatic heterocycles. The van der Waals surface area contributed by atoms with Crippen LogP contribution in [0.5, 0.6) is 0 Å². The van der Waals surface area contributed by atoms with Gasteiger partial charge in [0.2, 0.25) is 0 Å². The number of hydrogen-bond donors (Lipinski definition) is 2. The van der Waals surface area contributed by atoms with Crippen LogP contribution in [0.1, 0.15) is 12.2 Å². The molecule has 0 radical (unpaired) electrons. The summed E-state index contributed by atoms with van der Waals surface area (Å²) in [5.41, 5.74) is 0. The van der Waals surface area contributed by atoms with Gasteiger partial charge in [-0.1, -0.05) is 0 Å². The molecule has 0 aliphatic rings. The third kappa shape index (κ3) is 5.26. The predicted octanol–water partition coefficient (Wildman–Crippen LogP) is 0.880. The number of aromatic nitrogens is 1. The molecular formula is C9H16N2O2S. The Hall–Kier alpha value is -0.520. The van der Waals surface area contributed by atoms with E-state index in [-0.39, 0.29) is 0 Å². The van der Waals surface area contributed by atoms with Gasteiger partial charge in [0.25, 0.3) is 0 Å². The number of oxazole rings is 1. The van der Waals surface area contributed by atoms with E-state index in [0.717, 1.165) is 36.8 Å². The molecule has 0 aliphatic heterocycles. The first-order chi connectivity index (χ1) is 6.93. The van der Waals surface area contributed by atoms with Gasteiger partial charge in [-0.2, -0.15) is 11.8 Å². The van der Waals surface area contributed by atoms with E-state index in [2.05, 4.69) is 10.3 Å². The van der Waals surface area contributed by atoms with Crippen LogP contribution in [-0.2, 0) is 6.54 Å². The van der Waals surface area contributed by atoms with Gasteiger partial charge in [-0.05, 0) is 12.2 Å². The van der Waals surface area contributed by atoms with Crippen molar-refractivity contribution >= 4 is 11.8 Å². The van der Waals surface area contributed by atoms with Gasteiger partial charge in [0.15, 0.2) is 6.39 Å². The molecular weight excluding hydrogens is 200 g/mol. The Morgan fingerprint density at radius 2 is 2.43 bits per heavy atom. The fraction of sp³-hybridized carbons (Fsp3) is 0.667. The summed E-state index contributed by atoms with van der Waals surface area (Å²) in [6, 6.07) is 0. The predicted molar refractivity (Wildman–Crippen MR) is 57.2 cm³/mol. The Labute approximate surface area is 88.1 Å². The topological polar surface area (TPSA) is 58.3 Å². The van der Waals surface area contributed by atoms with Crippen molar-refractivity contribution in [2.24, 2.45) is 0 Å². The van der Waals surface area contributed by atoms with Gasteiger partial charge in [0.1, 0.15) is 5.76 Å². The molecule has 0 spiro atoms. The first-order valence-electron chi connectivity index (χ1n) is 4.70. The zero-order chi connectivity index (χ0) is 10.1. The van der Waals surface area contributed by atoms with Crippen LogP contribution in [0, 0.1) is 0 Å². The lowest BCUT2D eigenvalue weighted by molar-refractivity contribution is 0.296. The van der Waals surface area contributed by atoms with Gasteiger partial charge in [-0.15, -0.1) is 0 Å². The lowest BCUT2D eigenvalue weighted by Crippen LogP contribution is -2.16. The maximum atomic E-state index is 8.55. The fourth-order valence-electron chi connectivity index (χ4n) is 0.954. The molecule has 0 amide bonds. The summed E-state index contributed by atoms with van der Waals surface area (Å²) in [6.07, 6.45) is 4.03. The molecule has 0 atom stereocenters. The van der Waals surface area contributed by atoms with Crippen LogP contribution < -0.4 is 5.32 Å². The number of nitrogens with one attached hydrogen (secondary N) is 1. The minimum atomic E-state index is 0.290. The quantitative estimate of drug-likeness (QED) is 0.632. The highest BCUT2D eigenvalue weighted by atomic mass is 32.2. The fourth-order valence-corrected chi connectivity index (χ4v) is 1.78. The second-order valence-corrected chi connectivity index (χ2v) is 4.06. The van der Waals surface area contributed by atoms with Crippen LogP contribution >= 0.6 is 11.8 Å². The number of aliphatic hydroxyl groups excluding tert-OH is 1. The van der Waals surface area contributed by atoms with E-state index in [1.165, 1.54) is 6.39 Å². The number of hydrogen-bond acceptors (Lipinski definition) is 5. The van der Waals surface area contributed by atoms with Crippen molar-refractivity contribution in [3.8, 4) is 0 Å². The van der Waals surface area contributed by atoms with E-state index in [9.17, 15) is 0 Å². The van der Waals surface area contributed by atoms with Crippen LogP contribution in [0.15, 0.2) is 17.0 Å². The Morgan fingerprint density at radius 3 is 3.14 bits per heavy atom. The van der Waals surface area contributed by atoms with Crippen molar-refractivity contribution in [2.75, 3.05) is 24.7 Å². The Morgan fingerprint density at radius 1 is 1.50 bits per heavy atom. The molecule has 0 aliphatic carbocycles. The van der Waals surface area contributed by atoms with Gasteiger partial charge >= 0.3 is 0 Å². The number of nitrogens with zero attached hydrogens (tertiary/aromatic N) is 1. The van der Waals surface area contributed by atoms with E-state index in [1.54, 1.807) is 6.20 Å². The van der Waals surface area contributed by atoms with E-state index < -0.39 is 0 Å². The van der Waals surface area contributed by atoms with Crippen LogP contribution in [0.25, 0.3) is 0 Å². The van der Waals surface area contributed by atoms with Crippen LogP contribution in [0.4, 0.5) is 0 Å².